The molecule has 1 saturated heterocycles. The summed E-state index contributed by atoms with van der Waals surface area (Å²) in [5.41, 5.74) is 0.420. The van der Waals surface area contributed by atoms with Gasteiger partial charge in [-0.25, -0.2) is 4.39 Å². The van der Waals surface area contributed by atoms with Crippen LogP contribution in [-0.4, -0.2) is 18.8 Å². The Labute approximate surface area is 99.3 Å². The lowest BCUT2D eigenvalue weighted by atomic mass is 10.2. The molecule has 1 aliphatic rings. The number of ether oxygens (including phenoxy) is 2. The molecule has 2 unspecified atom stereocenters. The van der Waals surface area contributed by atoms with Crippen molar-refractivity contribution < 1.29 is 13.9 Å². The molecule has 2 rings (SSSR count). The molecule has 1 heterocycles. The van der Waals surface area contributed by atoms with Crippen LogP contribution in [0.4, 0.5) is 4.39 Å². The van der Waals surface area contributed by atoms with Crippen LogP contribution in [0.2, 0.25) is 5.02 Å². The van der Waals surface area contributed by atoms with E-state index in [0.29, 0.717) is 17.2 Å². The minimum atomic E-state index is -0.320. The van der Waals surface area contributed by atoms with Gasteiger partial charge >= 0.3 is 0 Å². The first-order valence-corrected chi connectivity index (χ1v) is 5.70. The van der Waals surface area contributed by atoms with Crippen LogP contribution < -0.4 is 0 Å². The summed E-state index contributed by atoms with van der Waals surface area (Å²) in [7, 11) is 0. The van der Waals surface area contributed by atoms with Crippen LogP contribution in [0.15, 0.2) is 18.2 Å². The fourth-order valence-corrected chi connectivity index (χ4v) is 1.98. The number of rotatable bonds is 3. The van der Waals surface area contributed by atoms with Gasteiger partial charge < -0.3 is 9.47 Å². The summed E-state index contributed by atoms with van der Waals surface area (Å²) in [6.45, 7) is 2.78. The summed E-state index contributed by atoms with van der Waals surface area (Å²) < 4.78 is 24.3. The minimum absolute atomic E-state index is 0.0469. The molecule has 0 aliphatic carbocycles. The molecule has 2 nitrogen and oxygen atoms in total. The van der Waals surface area contributed by atoms with Gasteiger partial charge in [0.1, 0.15) is 5.82 Å². The van der Waals surface area contributed by atoms with E-state index in [0.717, 1.165) is 6.42 Å². The zero-order valence-electron chi connectivity index (χ0n) is 9.08. The Balaban J connectivity index is 1.94. The van der Waals surface area contributed by atoms with E-state index in [9.17, 15) is 4.39 Å². The predicted molar refractivity (Wildman–Crippen MR) is 60.0 cm³/mol. The van der Waals surface area contributed by atoms with E-state index in [4.69, 9.17) is 21.1 Å². The molecule has 1 aliphatic heterocycles. The minimum Gasteiger partial charge on any atom is -0.376 e. The molecule has 0 amide bonds. The van der Waals surface area contributed by atoms with Gasteiger partial charge in [0.2, 0.25) is 0 Å². The third-order valence-electron chi connectivity index (χ3n) is 2.69. The van der Waals surface area contributed by atoms with Crippen molar-refractivity contribution in [3.05, 3.63) is 34.6 Å². The maximum absolute atomic E-state index is 13.4. The SMILES string of the molecule is CC1CC(OCc2c(F)cccc2Cl)CO1. The molecule has 0 aromatic heterocycles. The second-order valence-corrected chi connectivity index (χ2v) is 4.42. The summed E-state index contributed by atoms with van der Waals surface area (Å²) >= 11 is 5.89. The Morgan fingerprint density at radius 1 is 1.56 bits per heavy atom. The molecule has 1 fully saturated rings. The zero-order chi connectivity index (χ0) is 11.5. The van der Waals surface area contributed by atoms with Gasteiger partial charge in [-0.2, -0.15) is 0 Å². The van der Waals surface area contributed by atoms with Gasteiger partial charge in [-0.1, -0.05) is 17.7 Å². The molecule has 1 aromatic rings. The molecule has 0 spiro atoms. The zero-order valence-corrected chi connectivity index (χ0v) is 9.84. The van der Waals surface area contributed by atoms with Crippen molar-refractivity contribution in [3.63, 3.8) is 0 Å². The third-order valence-corrected chi connectivity index (χ3v) is 3.04. The van der Waals surface area contributed by atoms with E-state index in [1.807, 2.05) is 6.92 Å². The second-order valence-electron chi connectivity index (χ2n) is 4.01. The Kier molecular flexibility index (Phi) is 3.79. The maximum atomic E-state index is 13.4. The van der Waals surface area contributed by atoms with Gasteiger partial charge in [-0.3, -0.25) is 0 Å². The second kappa shape index (κ2) is 5.13. The fourth-order valence-electron chi connectivity index (χ4n) is 1.77. The van der Waals surface area contributed by atoms with Crippen LogP contribution in [0.3, 0.4) is 0 Å². The van der Waals surface area contributed by atoms with E-state index < -0.39 is 0 Å². The summed E-state index contributed by atoms with van der Waals surface area (Å²) in [6, 6.07) is 4.64. The van der Waals surface area contributed by atoms with Crippen LogP contribution in [0.25, 0.3) is 0 Å². The van der Waals surface area contributed by atoms with Gasteiger partial charge in [-0.05, 0) is 19.1 Å². The summed E-state index contributed by atoms with van der Waals surface area (Å²) in [5.74, 6) is -0.320. The molecule has 2 atom stereocenters. The number of halogens is 2. The lowest BCUT2D eigenvalue weighted by molar-refractivity contribution is 0.0274. The molecular weight excluding hydrogens is 231 g/mol. The van der Waals surface area contributed by atoms with Crippen molar-refractivity contribution in [2.24, 2.45) is 0 Å². The van der Waals surface area contributed by atoms with E-state index in [2.05, 4.69) is 0 Å². The van der Waals surface area contributed by atoms with Gasteiger partial charge in [0.05, 0.1) is 25.4 Å². The van der Waals surface area contributed by atoms with Crippen LogP contribution in [0.5, 0.6) is 0 Å². The van der Waals surface area contributed by atoms with E-state index in [1.165, 1.54) is 6.07 Å². The highest BCUT2D eigenvalue weighted by molar-refractivity contribution is 6.31. The van der Waals surface area contributed by atoms with Gasteiger partial charge in [0, 0.05) is 17.0 Å². The lowest BCUT2D eigenvalue weighted by Crippen LogP contribution is -2.13. The van der Waals surface area contributed by atoms with Crippen molar-refractivity contribution >= 4 is 11.6 Å². The monoisotopic (exact) mass is 244 g/mol. The maximum Gasteiger partial charge on any atom is 0.130 e. The molecule has 0 saturated carbocycles. The molecule has 0 bridgehead atoms. The summed E-state index contributed by atoms with van der Waals surface area (Å²) in [5, 5.41) is 0.409. The van der Waals surface area contributed by atoms with Crippen molar-refractivity contribution in [1.82, 2.24) is 0 Å². The van der Waals surface area contributed by atoms with E-state index in [-0.39, 0.29) is 24.6 Å². The highest BCUT2D eigenvalue weighted by Gasteiger charge is 2.23. The molecule has 88 valence electrons. The van der Waals surface area contributed by atoms with Gasteiger partial charge in [0.25, 0.3) is 0 Å². The Hall–Kier alpha value is -0.640. The van der Waals surface area contributed by atoms with Crippen LogP contribution in [-0.2, 0) is 16.1 Å². The average Bonchev–Trinajstić information content (AvgIpc) is 2.63. The highest BCUT2D eigenvalue weighted by Crippen LogP contribution is 2.22. The predicted octanol–water partition coefficient (Wildman–Crippen LogP) is 3.17. The first-order chi connectivity index (χ1) is 7.66. The Morgan fingerprint density at radius 3 is 3.00 bits per heavy atom. The van der Waals surface area contributed by atoms with E-state index >= 15 is 0 Å². The summed E-state index contributed by atoms with van der Waals surface area (Å²) in [6.07, 6.45) is 1.12. The van der Waals surface area contributed by atoms with Crippen molar-refractivity contribution in [3.8, 4) is 0 Å². The normalized spacial score (nSPS) is 24.9. The van der Waals surface area contributed by atoms with Crippen molar-refractivity contribution in [1.29, 1.82) is 0 Å². The van der Waals surface area contributed by atoms with E-state index in [1.54, 1.807) is 12.1 Å². The largest absolute Gasteiger partial charge is 0.376 e. The van der Waals surface area contributed by atoms with Crippen LogP contribution >= 0.6 is 11.6 Å². The van der Waals surface area contributed by atoms with Crippen LogP contribution in [0, 0.1) is 5.82 Å². The molecule has 1 aromatic carbocycles. The van der Waals surface area contributed by atoms with Gasteiger partial charge in [-0.15, -0.1) is 0 Å². The highest BCUT2D eigenvalue weighted by atomic mass is 35.5. The van der Waals surface area contributed by atoms with Gasteiger partial charge in [0.15, 0.2) is 0 Å². The molecule has 16 heavy (non-hydrogen) atoms. The first-order valence-electron chi connectivity index (χ1n) is 5.33. The summed E-state index contributed by atoms with van der Waals surface area (Å²) in [4.78, 5) is 0. The Bertz CT molecular complexity index is 350. The number of hydrogen-bond acceptors (Lipinski definition) is 2. The number of hydrogen-bond donors (Lipinski definition) is 0. The molecule has 0 N–H and O–H groups in total. The average molecular weight is 245 g/mol. The fraction of sp³-hybridized carbons (Fsp3) is 0.500. The topological polar surface area (TPSA) is 18.5 Å². The molecule has 0 radical (unpaired) electrons. The lowest BCUT2D eigenvalue weighted by Gasteiger charge is -2.11. The quantitative estimate of drug-likeness (QED) is 0.813. The smallest absolute Gasteiger partial charge is 0.130 e. The Morgan fingerprint density at radius 2 is 2.38 bits per heavy atom. The molecule has 4 heteroatoms. The first kappa shape index (κ1) is 11.8. The molecular formula is C12H14ClFO2. The van der Waals surface area contributed by atoms with Crippen molar-refractivity contribution in [2.75, 3.05) is 6.61 Å². The standard InChI is InChI=1S/C12H14ClFO2/c1-8-5-9(6-15-8)16-7-10-11(13)3-2-4-12(10)14/h2-4,8-9H,5-7H2,1H3. The third kappa shape index (κ3) is 2.73. The van der Waals surface area contributed by atoms with Crippen molar-refractivity contribution in [2.45, 2.75) is 32.2 Å². The van der Waals surface area contributed by atoms with Crippen LogP contribution in [0.1, 0.15) is 18.9 Å². The number of benzene rings is 1.